The first kappa shape index (κ1) is 14.8. The SMILES string of the molecule is COc1ccc(-n2nc(Oc3ccc(F)c(F)c3)oc2=O)cc1. The van der Waals surface area contributed by atoms with Crippen LogP contribution in [0.15, 0.2) is 51.7 Å². The number of methoxy groups -OCH3 is 1. The number of rotatable bonds is 4. The molecule has 0 saturated carbocycles. The lowest BCUT2D eigenvalue weighted by Gasteiger charge is -2.01. The van der Waals surface area contributed by atoms with E-state index in [0.717, 1.165) is 16.8 Å². The Morgan fingerprint density at radius 2 is 1.74 bits per heavy atom. The van der Waals surface area contributed by atoms with Gasteiger partial charge in [0.25, 0.3) is 0 Å². The number of aromatic nitrogens is 2. The Labute approximate surface area is 128 Å². The lowest BCUT2D eigenvalue weighted by atomic mass is 10.3. The quantitative estimate of drug-likeness (QED) is 0.739. The van der Waals surface area contributed by atoms with E-state index < -0.39 is 23.5 Å². The molecule has 3 aromatic rings. The van der Waals surface area contributed by atoms with E-state index in [-0.39, 0.29) is 5.75 Å². The molecule has 3 rings (SSSR count). The topological polar surface area (TPSA) is 66.5 Å². The minimum atomic E-state index is -1.08. The molecular weight excluding hydrogens is 310 g/mol. The van der Waals surface area contributed by atoms with Gasteiger partial charge >= 0.3 is 11.8 Å². The number of hydrogen-bond donors (Lipinski definition) is 0. The molecule has 8 heteroatoms. The monoisotopic (exact) mass is 320 g/mol. The number of hydrogen-bond acceptors (Lipinski definition) is 5. The van der Waals surface area contributed by atoms with Crippen LogP contribution in [-0.2, 0) is 0 Å². The number of benzene rings is 2. The Balaban J connectivity index is 1.88. The molecule has 6 nitrogen and oxygen atoms in total. The van der Waals surface area contributed by atoms with Gasteiger partial charge in [-0.2, -0.15) is 4.68 Å². The number of ether oxygens (including phenoxy) is 2. The Morgan fingerprint density at radius 1 is 1.04 bits per heavy atom. The molecule has 2 aromatic carbocycles. The molecular formula is C15H10F2N2O4. The van der Waals surface area contributed by atoms with Crippen molar-refractivity contribution in [3.05, 3.63) is 64.6 Å². The summed E-state index contributed by atoms with van der Waals surface area (Å²) in [5.74, 6) is -2.31. The van der Waals surface area contributed by atoms with Crippen LogP contribution >= 0.6 is 0 Å². The van der Waals surface area contributed by atoms with Crippen molar-refractivity contribution >= 4 is 0 Å². The summed E-state index contributed by atoms with van der Waals surface area (Å²) in [6.07, 6.45) is -0.392. The van der Waals surface area contributed by atoms with Gasteiger partial charge in [0.2, 0.25) is 0 Å². The smallest absolute Gasteiger partial charge is 0.444 e. The average molecular weight is 320 g/mol. The third-order valence-electron chi connectivity index (χ3n) is 2.94. The largest absolute Gasteiger partial charge is 0.497 e. The zero-order valence-electron chi connectivity index (χ0n) is 11.8. The molecule has 0 atom stereocenters. The first-order valence-corrected chi connectivity index (χ1v) is 6.44. The van der Waals surface area contributed by atoms with Crippen LogP contribution in [0, 0.1) is 11.6 Å². The van der Waals surface area contributed by atoms with E-state index in [9.17, 15) is 13.6 Å². The molecule has 0 N–H and O–H groups in total. The number of nitrogens with zero attached hydrogens (tertiary/aromatic N) is 2. The van der Waals surface area contributed by atoms with Gasteiger partial charge < -0.3 is 13.9 Å². The molecule has 0 amide bonds. The van der Waals surface area contributed by atoms with E-state index in [4.69, 9.17) is 13.9 Å². The van der Waals surface area contributed by atoms with Crippen molar-refractivity contribution in [1.29, 1.82) is 0 Å². The molecule has 0 saturated heterocycles. The van der Waals surface area contributed by atoms with Crippen molar-refractivity contribution in [2.45, 2.75) is 0 Å². The standard InChI is InChI=1S/C15H10F2N2O4/c1-21-10-4-2-9(3-5-10)19-15(20)23-14(18-19)22-11-6-7-12(16)13(17)8-11/h2-8H,1H3. The summed E-state index contributed by atoms with van der Waals surface area (Å²) in [7, 11) is 1.52. The average Bonchev–Trinajstić information content (AvgIpc) is 2.91. The molecule has 0 bridgehead atoms. The molecule has 0 spiro atoms. The van der Waals surface area contributed by atoms with Crippen molar-refractivity contribution in [3.8, 4) is 23.3 Å². The highest BCUT2D eigenvalue weighted by molar-refractivity contribution is 5.36. The van der Waals surface area contributed by atoms with E-state index in [1.807, 2.05) is 0 Å². The summed E-state index contributed by atoms with van der Waals surface area (Å²) < 4.78 is 41.9. The van der Waals surface area contributed by atoms with Crippen molar-refractivity contribution < 1.29 is 22.7 Å². The van der Waals surface area contributed by atoms with Gasteiger partial charge in [-0.05, 0) is 36.4 Å². The van der Waals surface area contributed by atoms with Crippen LogP contribution in [-0.4, -0.2) is 16.9 Å². The minimum Gasteiger partial charge on any atom is -0.497 e. The van der Waals surface area contributed by atoms with Crippen LogP contribution < -0.4 is 15.2 Å². The van der Waals surface area contributed by atoms with Crippen LogP contribution in [0.4, 0.5) is 8.78 Å². The van der Waals surface area contributed by atoms with Crippen LogP contribution in [0.1, 0.15) is 0 Å². The summed E-state index contributed by atoms with van der Waals surface area (Å²) in [5.41, 5.74) is 0.430. The van der Waals surface area contributed by atoms with Gasteiger partial charge in [-0.15, -0.1) is 0 Å². The highest BCUT2D eigenvalue weighted by Crippen LogP contribution is 2.21. The van der Waals surface area contributed by atoms with Gasteiger partial charge in [-0.1, -0.05) is 5.10 Å². The maximum atomic E-state index is 13.1. The molecule has 0 aliphatic carbocycles. The first-order valence-electron chi connectivity index (χ1n) is 6.44. The van der Waals surface area contributed by atoms with E-state index in [1.165, 1.54) is 13.2 Å². The predicted octanol–water partition coefficient (Wildman–Crippen LogP) is 2.90. The zero-order valence-corrected chi connectivity index (χ0v) is 11.8. The minimum absolute atomic E-state index is 0.0490. The van der Waals surface area contributed by atoms with E-state index in [1.54, 1.807) is 24.3 Å². The van der Waals surface area contributed by atoms with E-state index in [2.05, 4.69) is 5.10 Å². The summed E-state index contributed by atoms with van der Waals surface area (Å²) in [5, 5.41) is 3.84. The van der Waals surface area contributed by atoms with Crippen molar-refractivity contribution in [2.24, 2.45) is 0 Å². The second-order valence-electron chi connectivity index (χ2n) is 4.42. The predicted molar refractivity (Wildman–Crippen MR) is 75.1 cm³/mol. The van der Waals surface area contributed by atoms with Gasteiger partial charge in [0.15, 0.2) is 11.6 Å². The van der Waals surface area contributed by atoms with E-state index >= 15 is 0 Å². The molecule has 1 aromatic heterocycles. The second kappa shape index (κ2) is 5.91. The van der Waals surface area contributed by atoms with Crippen molar-refractivity contribution in [1.82, 2.24) is 9.78 Å². The molecule has 1 heterocycles. The Morgan fingerprint density at radius 3 is 2.39 bits per heavy atom. The first-order chi connectivity index (χ1) is 11.1. The normalized spacial score (nSPS) is 10.6. The summed E-state index contributed by atoms with van der Waals surface area (Å²) in [6, 6.07) is 9.39. The summed E-state index contributed by atoms with van der Waals surface area (Å²) >= 11 is 0. The van der Waals surface area contributed by atoms with Gasteiger partial charge in [-0.25, -0.2) is 13.6 Å². The second-order valence-corrected chi connectivity index (χ2v) is 4.42. The fraction of sp³-hybridized carbons (Fsp3) is 0.0667. The molecule has 0 aliphatic rings. The fourth-order valence-electron chi connectivity index (χ4n) is 1.83. The summed E-state index contributed by atoms with van der Waals surface area (Å²) in [4.78, 5) is 11.8. The highest BCUT2D eigenvalue weighted by atomic mass is 19.2. The maximum absolute atomic E-state index is 13.1. The third-order valence-corrected chi connectivity index (χ3v) is 2.94. The molecule has 0 radical (unpaired) electrons. The lowest BCUT2D eigenvalue weighted by molar-refractivity contribution is 0.318. The Bertz CT molecular complexity index is 887. The van der Waals surface area contributed by atoms with Crippen molar-refractivity contribution in [3.63, 3.8) is 0 Å². The fourth-order valence-corrected chi connectivity index (χ4v) is 1.83. The van der Waals surface area contributed by atoms with Crippen LogP contribution in [0.25, 0.3) is 5.69 Å². The maximum Gasteiger partial charge on any atom is 0.444 e. The lowest BCUT2D eigenvalue weighted by Crippen LogP contribution is -2.13. The van der Waals surface area contributed by atoms with Crippen LogP contribution in [0.3, 0.4) is 0 Å². The van der Waals surface area contributed by atoms with Crippen LogP contribution in [0.2, 0.25) is 0 Å². The molecule has 0 fully saturated rings. The third kappa shape index (κ3) is 3.05. The Kier molecular flexibility index (Phi) is 3.80. The van der Waals surface area contributed by atoms with E-state index in [0.29, 0.717) is 11.4 Å². The van der Waals surface area contributed by atoms with Crippen molar-refractivity contribution in [2.75, 3.05) is 7.11 Å². The molecule has 118 valence electrons. The zero-order chi connectivity index (χ0) is 16.4. The Hall–Kier alpha value is -3.16. The molecule has 0 aliphatic heterocycles. The van der Waals surface area contributed by atoms with Gasteiger partial charge in [-0.3, -0.25) is 0 Å². The molecule has 0 unspecified atom stereocenters. The molecule has 23 heavy (non-hydrogen) atoms. The summed E-state index contributed by atoms with van der Waals surface area (Å²) in [6.45, 7) is 0. The van der Waals surface area contributed by atoms with Gasteiger partial charge in [0, 0.05) is 6.07 Å². The van der Waals surface area contributed by atoms with Gasteiger partial charge in [0.05, 0.1) is 12.8 Å². The van der Waals surface area contributed by atoms with Gasteiger partial charge in [0.1, 0.15) is 11.5 Å². The number of halogens is 2. The van der Waals surface area contributed by atoms with Crippen LogP contribution in [0.5, 0.6) is 17.6 Å². The highest BCUT2D eigenvalue weighted by Gasteiger charge is 2.13.